The Labute approximate surface area is 135 Å². The quantitative estimate of drug-likeness (QED) is 0.604. The first kappa shape index (κ1) is 15.3. The summed E-state index contributed by atoms with van der Waals surface area (Å²) in [6.07, 6.45) is 0.631. The summed E-state index contributed by atoms with van der Waals surface area (Å²) in [5.74, 6) is -2.36. The largest absolute Gasteiger partial charge is 0.475 e. The number of ether oxygens (including phenoxy) is 1. The monoisotopic (exact) mass is 340 g/mol. The molecule has 2 nitrogen and oxygen atoms in total. The van der Waals surface area contributed by atoms with Crippen LogP contribution in [-0.2, 0) is 4.79 Å². The van der Waals surface area contributed by atoms with Gasteiger partial charge in [-0.3, -0.25) is 0 Å². The van der Waals surface area contributed by atoms with E-state index >= 15 is 0 Å². The predicted molar refractivity (Wildman–Crippen MR) is 81.2 cm³/mol. The number of benzene rings is 2. The molecule has 0 saturated carbocycles. The molecule has 2 aromatic carbocycles. The van der Waals surface area contributed by atoms with E-state index in [2.05, 4.69) is 0 Å². The van der Waals surface area contributed by atoms with Crippen LogP contribution in [0, 0.1) is 17.6 Å². The zero-order chi connectivity index (χ0) is 15.7. The third-order valence-electron chi connectivity index (χ3n) is 3.41. The summed E-state index contributed by atoms with van der Waals surface area (Å²) in [4.78, 5) is 12.2. The molecule has 3 atom stereocenters. The summed E-state index contributed by atoms with van der Waals surface area (Å²) >= 11 is 7.47. The van der Waals surface area contributed by atoms with Gasteiger partial charge in [-0.15, -0.1) is 11.6 Å². The molecule has 22 heavy (non-hydrogen) atoms. The third kappa shape index (κ3) is 2.71. The van der Waals surface area contributed by atoms with Gasteiger partial charge >= 0.3 is 0 Å². The first-order valence-corrected chi connectivity index (χ1v) is 7.89. The molecule has 6 heteroatoms. The van der Waals surface area contributed by atoms with Gasteiger partial charge in [-0.2, -0.15) is 0 Å². The van der Waals surface area contributed by atoms with Crippen molar-refractivity contribution in [3.05, 3.63) is 59.7 Å². The number of hydrogen-bond donors (Lipinski definition) is 0. The average Bonchev–Trinajstić information content (AvgIpc) is 2.52. The van der Waals surface area contributed by atoms with Crippen LogP contribution in [0.2, 0.25) is 0 Å². The van der Waals surface area contributed by atoms with Crippen LogP contribution in [0.3, 0.4) is 0 Å². The number of aldehydes is 1. The van der Waals surface area contributed by atoms with Crippen LogP contribution in [0.4, 0.5) is 8.78 Å². The molecule has 3 rings (SSSR count). The second-order valence-corrected chi connectivity index (χ2v) is 6.45. The Bertz CT molecular complexity index is 696. The molecular weight excluding hydrogens is 330 g/mol. The van der Waals surface area contributed by atoms with E-state index in [1.54, 1.807) is 0 Å². The Hall–Kier alpha value is -1.59. The van der Waals surface area contributed by atoms with Gasteiger partial charge in [-0.25, -0.2) is 8.78 Å². The van der Waals surface area contributed by atoms with Crippen molar-refractivity contribution in [1.29, 1.82) is 0 Å². The molecule has 0 N–H and O–H groups in total. The van der Waals surface area contributed by atoms with Gasteiger partial charge in [0.15, 0.2) is 17.0 Å². The van der Waals surface area contributed by atoms with Gasteiger partial charge in [-0.1, -0.05) is 30.0 Å². The Balaban J connectivity index is 1.99. The van der Waals surface area contributed by atoms with Crippen molar-refractivity contribution in [3.63, 3.8) is 0 Å². The minimum atomic E-state index is -0.974. The highest BCUT2D eigenvalue weighted by molar-refractivity contribution is 7.99. The molecule has 0 amide bonds. The molecule has 0 aromatic heterocycles. The van der Waals surface area contributed by atoms with E-state index in [1.165, 1.54) is 11.8 Å². The maximum atomic E-state index is 13.9. The van der Waals surface area contributed by atoms with Crippen molar-refractivity contribution < 1.29 is 18.3 Å². The molecule has 1 aliphatic heterocycles. The second-order valence-electron chi connectivity index (χ2n) is 4.80. The zero-order valence-electron chi connectivity index (χ0n) is 11.2. The Morgan fingerprint density at radius 1 is 1.09 bits per heavy atom. The van der Waals surface area contributed by atoms with E-state index in [4.69, 9.17) is 16.3 Å². The van der Waals surface area contributed by atoms with Crippen LogP contribution in [0.5, 0.6) is 5.75 Å². The summed E-state index contributed by atoms with van der Waals surface area (Å²) in [5.41, 5.74) is -0.810. The molecule has 0 fully saturated rings. The van der Waals surface area contributed by atoms with Crippen LogP contribution < -0.4 is 4.74 Å². The van der Waals surface area contributed by atoms with Crippen LogP contribution >= 0.6 is 23.4 Å². The maximum absolute atomic E-state index is 13.9. The predicted octanol–water partition coefficient (Wildman–Crippen LogP) is 4.57. The lowest BCUT2D eigenvalue weighted by atomic mass is 9.96. The fraction of sp³-hybridized carbons (Fsp3) is 0.188. The smallest absolute Gasteiger partial charge is 0.165 e. The maximum Gasteiger partial charge on any atom is 0.165 e. The Morgan fingerprint density at radius 3 is 2.45 bits per heavy atom. The van der Waals surface area contributed by atoms with Gasteiger partial charge in [0.05, 0.1) is 16.9 Å². The summed E-state index contributed by atoms with van der Waals surface area (Å²) in [5, 5.41) is -0.974. The highest BCUT2D eigenvalue weighted by Crippen LogP contribution is 2.48. The first-order valence-electron chi connectivity index (χ1n) is 6.57. The van der Waals surface area contributed by atoms with Crippen molar-refractivity contribution in [2.45, 2.75) is 15.7 Å². The molecular formula is C16H11ClF2O2S. The molecule has 114 valence electrons. The molecule has 0 spiro atoms. The van der Waals surface area contributed by atoms with Gasteiger partial charge in [0.25, 0.3) is 0 Å². The van der Waals surface area contributed by atoms with E-state index in [0.29, 0.717) is 6.29 Å². The number of fused-ring (bicyclic) bond motifs is 1. The molecule has 0 bridgehead atoms. The minimum absolute atomic E-state index is 0.0938. The van der Waals surface area contributed by atoms with Crippen LogP contribution in [0.15, 0.2) is 47.4 Å². The lowest BCUT2D eigenvalue weighted by Crippen LogP contribution is -2.34. The number of carbonyl (C=O) groups excluding carboxylic acids is 1. The SMILES string of the molecule is O=CC1C(Sc2ccccc2)Oc2c(F)ccc(F)c2C1Cl. The lowest BCUT2D eigenvalue weighted by molar-refractivity contribution is -0.112. The van der Waals surface area contributed by atoms with Gasteiger partial charge in [-0.05, 0) is 24.3 Å². The molecule has 1 aliphatic rings. The van der Waals surface area contributed by atoms with Crippen LogP contribution in [0.25, 0.3) is 0 Å². The minimum Gasteiger partial charge on any atom is -0.475 e. The number of rotatable bonds is 3. The van der Waals surface area contributed by atoms with E-state index in [1.807, 2.05) is 30.3 Å². The van der Waals surface area contributed by atoms with Crippen molar-refractivity contribution in [2.75, 3.05) is 0 Å². The van der Waals surface area contributed by atoms with Gasteiger partial charge in [0.2, 0.25) is 0 Å². The van der Waals surface area contributed by atoms with Crippen molar-refractivity contribution in [1.82, 2.24) is 0 Å². The van der Waals surface area contributed by atoms with Gasteiger partial charge in [0.1, 0.15) is 12.1 Å². The van der Waals surface area contributed by atoms with E-state index in [0.717, 1.165) is 17.0 Å². The standard InChI is InChI=1S/C16H11ClF2O2S/c17-14-10(8-20)16(22-9-4-2-1-3-5-9)21-15-12(19)7-6-11(18)13(14)15/h1-8,10,14,16H. The average molecular weight is 341 g/mol. The third-order valence-corrected chi connectivity index (χ3v) is 5.11. The summed E-state index contributed by atoms with van der Waals surface area (Å²) in [7, 11) is 0. The summed E-state index contributed by atoms with van der Waals surface area (Å²) < 4.78 is 33.4. The number of alkyl halides is 1. The zero-order valence-corrected chi connectivity index (χ0v) is 12.8. The van der Waals surface area contributed by atoms with Crippen LogP contribution in [-0.4, -0.2) is 11.7 Å². The number of hydrogen-bond acceptors (Lipinski definition) is 3. The Morgan fingerprint density at radius 2 is 1.77 bits per heavy atom. The topological polar surface area (TPSA) is 26.3 Å². The number of thioether (sulfide) groups is 1. The van der Waals surface area contributed by atoms with E-state index in [-0.39, 0.29) is 11.3 Å². The second kappa shape index (κ2) is 6.26. The molecule has 2 aromatic rings. The van der Waals surface area contributed by atoms with Crippen molar-refractivity contribution in [2.24, 2.45) is 5.92 Å². The summed E-state index contributed by atoms with van der Waals surface area (Å²) in [6, 6.07) is 11.2. The van der Waals surface area contributed by atoms with E-state index < -0.39 is 28.4 Å². The van der Waals surface area contributed by atoms with Crippen molar-refractivity contribution >= 4 is 29.6 Å². The molecule has 0 aliphatic carbocycles. The van der Waals surface area contributed by atoms with Crippen LogP contribution in [0.1, 0.15) is 10.9 Å². The number of halogens is 3. The lowest BCUT2D eigenvalue weighted by Gasteiger charge is -2.33. The molecule has 0 radical (unpaired) electrons. The fourth-order valence-electron chi connectivity index (χ4n) is 2.32. The highest BCUT2D eigenvalue weighted by atomic mass is 35.5. The normalized spacial score (nSPS) is 23.5. The Kier molecular flexibility index (Phi) is 4.36. The highest BCUT2D eigenvalue weighted by Gasteiger charge is 2.41. The molecule has 1 heterocycles. The van der Waals surface area contributed by atoms with Gasteiger partial charge in [0, 0.05) is 4.90 Å². The van der Waals surface area contributed by atoms with Crippen molar-refractivity contribution in [3.8, 4) is 5.75 Å². The van der Waals surface area contributed by atoms with Gasteiger partial charge < -0.3 is 9.53 Å². The number of carbonyl (C=O) groups is 1. The first-order chi connectivity index (χ1) is 10.6. The molecule has 0 saturated heterocycles. The fourth-order valence-corrected chi connectivity index (χ4v) is 3.91. The summed E-state index contributed by atoms with van der Waals surface area (Å²) in [6.45, 7) is 0. The van der Waals surface area contributed by atoms with E-state index in [9.17, 15) is 13.6 Å². The molecule has 3 unspecified atom stereocenters.